The standard InChI is InChI=1S/C19H19ClN2O4S/c1-3-22(4-2)27(24,25)16-8-6-15(7-9-16)21-19(23)18-12-13-11-14(20)5-10-17(13)26-18/h5-12H,3-4H2,1-2H3,(H,21,23). The fraction of sp³-hybridized carbons (Fsp3) is 0.211. The second kappa shape index (κ2) is 7.72. The highest BCUT2D eigenvalue weighted by Crippen LogP contribution is 2.24. The van der Waals surface area contributed by atoms with Crippen LogP contribution in [0.15, 0.2) is 57.8 Å². The summed E-state index contributed by atoms with van der Waals surface area (Å²) in [5.41, 5.74) is 1.03. The van der Waals surface area contributed by atoms with Crippen molar-refractivity contribution in [2.75, 3.05) is 18.4 Å². The number of carbonyl (C=O) groups is 1. The summed E-state index contributed by atoms with van der Waals surface area (Å²) in [7, 11) is -3.53. The van der Waals surface area contributed by atoms with Gasteiger partial charge in [0.05, 0.1) is 4.90 Å². The SMILES string of the molecule is CCN(CC)S(=O)(=O)c1ccc(NC(=O)c2cc3cc(Cl)ccc3o2)cc1. The second-order valence-electron chi connectivity index (χ2n) is 5.86. The van der Waals surface area contributed by atoms with E-state index in [0.29, 0.717) is 29.4 Å². The molecule has 0 atom stereocenters. The number of nitrogens with zero attached hydrogens (tertiary/aromatic N) is 1. The minimum atomic E-state index is -3.53. The van der Waals surface area contributed by atoms with Gasteiger partial charge < -0.3 is 9.73 Å². The van der Waals surface area contributed by atoms with Gasteiger partial charge in [-0.25, -0.2) is 8.42 Å². The van der Waals surface area contributed by atoms with Crippen LogP contribution in [0, 0.1) is 0 Å². The Kier molecular flexibility index (Phi) is 5.55. The van der Waals surface area contributed by atoms with E-state index in [2.05, 4.69) is 5.32 Å². The van der Waals surface area contributed by atoms with Crippen LogP contribution in [-0.2, 0) is 10.0 Å². The summed E-state index contributed by atoms with van der Waals surface area (Å²) < 4.78 is 31.9. The Labute approximate surface area is 162 Å². The zero-order chi connectivity index (χ0) is 19.6. The van der Waals surface area contributed by atoms with Crippen LogP contribution in [-0.4, -0.2) is 31.7 Å². The largest absolute Gasteiger partial charge is 0.451 e. The number of rotatable bonds is 6. The number of furan rings is 1. The fourth-order valence-electron chi connectivity index (χ4n) is 2.74. The first-order valence-corrected chi connectivity index (χ1v) is 10.3. The van der Waals surface area contributed by atoms with Gasteiger partial charge in [0.1, 0.15) is 5.58 Å². The third-order valence-corrected chi connectivity index (χ3v) is 6.46. The molecule has 0 radical (unpaired) electrons. The fourth-order valence-corrected chi connectivity index (χ4v) is 4.38. The van der Waals surface area contributed by atoms with Gasteiger partial charge in [0.15, 0.2) is 5.76 Å². The smallest absolute Gasteiger partial charge is 0.291 e. The molecule has 3 rings (SSSR count). The van der Waals surface area contributed by atoms with Crippen LogP contribution in [0.2, 0.25) is 5.02 Å². The van der Waals surface area contributed by atoms with E-state index in [-0.39, 0.29) is 10.7 Å². The first kappa shape index (κ1) is 19.4. The number of hydrogen-bond acceptors (Lipinski definition) is 4. The molecule has 0 aliphatic rings. The quantitative estimate of drug-likeness (QED) is 0.659. The van der Waals surface area contributed by atoms with Gasteiger partial charge in [0.25, 0.3) is 5.91 Å². The lowest BCUT2D eigenvalue weighted by molar-refractivity contribution is 0.0998. The number of benzene rings is 2. The Morgan fingerprint density at radius 1 is 1.07 bits per heavy atom. The minimum absolute atomic E-state index is 0.145. The molecule has 8 heteroatoms. The Hall–Kier alpha value is -2.35. The van der Waals surface area contributed by atoms with Gasteiger partial charge in [0, 0.05) is 29.2 Å². The van der Waals surface area contributed by atoms with Gasteiger partial charge in [-0.2, -0.15) is 4.31 Å². The lowest BCUT2D eigenvalue weighted by Crippen LogP contribution is -2.30. The molecule has 0 bridgehead atoms. The van der Waals surface area contributed by atoms with E-state index < -0.39 is 15.9 Å². The molecule has 1 aromatic heterocycles. The summed E-state index contributed by atoms with van der Waals surface area (Å²) in [4.78, 5) is 12.6. The summed E-state index contributed by atoms with van der Waals surface area (Å²) >= 11 is 5.94. The molecule has 142 valence electrons. The van der Waals surface area contributed by atoms with Gasteiger partial charge in [-0.05, 0) is 48.5 Å². The third kappa shape index (κ3) is 4.00. The Bertz CT molecular complexity index is 1070. The van der Waals surface area contributed by atoms with Gasteiger partial charge in [0.2, 0.25) is 10.0 Å². The average molecular weight is 407 g/mol. The van der Waals surface area contributed by atoms with Crippen molar-refractivity contribution in [1.29, 1.82) is 0 Å². The number of fused-ring (bicyclic) bond motifs is 1. The summed E-state index contributed by atoms with van der Waals surface area (Å²) in [6, 6.07) is 12.7. The van der Waals surface area contributed by atoms with E-state index in [4.69, 9.17) is 16.0 Å². The van der Waals surface area contributed by atoms with Gasteiger partial charge in [-0.15, -0.1) is 0 Å². The number of hydrogen-bond donors (Lipinski definition) is 1. The van der Waals surface area contributed by atoms with Crippen molar-refractivity contribution in [2.45, 2.75) is 18.7 Å². The van der Waals surface area contributed by atoms with Gasteiger partial charge in [-0.1, -0.05) is 25.4 Å². The van der Waals surface area contributed by atoms with Crippen LogP contribution >= 0.6 is 11.6 Å². The number of amides is 1. The van der Waals surface area contributed by atoms with E-state index in [9.17, 15) is 13.2 Å². The maximum Gasteiger partial charge on any atom is 0.291 e. The van der Waals surface area contributed by atoms with E-state index in [1.165, 1.54) is 16.4 Å². The molecule has 0 unspecified atom stereocenters. The number of anilines is 1. The molecular weight excluding hydrogens is 388 g/mol. The molecule has 0 aliphatic carbocycles. The van der Waals surface area contributed by atoms with Crippen molar-refractivity contribution in [1.82, 2.24) is 4.31 Å². The lowest BCUT2D eigenvalue weighted by atomic mass is 10.2. The highest BCUT2D eigenvalue weighted by atomic mass is 35.5. The molecule has 0 aliphatic heterocycles. The number of carbonyl (C=O) groups excluding carboxylic acids is 1. The van der Waals surface area contributed by atoms with Crippen LogP contribution < -0.4 is 5.32 Å². The zero-order valence-corrected chi connectivity index (χ0v) is 16.5. The molecule has 1 N–H and O–H groups in total. The molecule has 6 nitrogen and oxygen atoms in total. The minimum Gasteiger partial charge on any atom is -0.451 e. The monoisotopic (exact) mass is 406 g/mol. The van der Waals surface area contributed by atoms with Gasteiger partial charge >= 0.3 is 0 Å². The molecule has 3 aromatic rings. The first-order valence-electron chi connectivity index (χ1n) is 8.45. The highest BCUT2D eigenvalue weighted by molar-refractivity contribution is 7.89. The maximum atomic E-state index is 12.5. The highest BCUT2D eigenvalue weighted by Gasteiger charge is 2.21. The molecule has 1 amide bonds. The summed E-state index contributed by atoms with van der Waals surface area (Å²) in [5, 5.41) is 3.98. The maximum absolute atomic E-state index is 12.5. The van der Waals surface area contributed by atoms with Crippen LogP contribution in [0.1, 0.15) is 24.4 Å². The van der Waals surface area contributed by atoms with Gasteiger partial charge in [-0.3, -0.25) is 4.79 Å². The van der Waals surface area contributed by atoms with Crippen molar-refractivity contribution in [3.8, 4) is 0 Å². The normalized spacial score (nSPS) is 11.9. The van der Waals surface area contributed by atoms with E-state index in [1.807, 2.05) is 0 Å². The predicted octanol–water partition coefficient (Wildman–Crippen LogP) is 4.37. The van der Waals surface area contributed by atoms with Crippen LogP contribution in [0.3, 0.4) is 0 Å². The summed E-state index contributed by atoms with van der Waals surface area (Å²) in [5.74, 6) is -0.284. The average Bonchev–Trinajstić information content (AvgIpc) is 3.06. The number of nitrogens with one attached hydrogen (secondary N) is 1. The van der Waals surface area contributed by atoms with Crippen LogP contribution in [0.5, 0.6) is 0 Å². The Morgan fingerprint density at radius 2 is 1.74 bits per heavy atom. The van der Waals surface area contributed by atoms with Crippen molar-refractivity contribution < 1.29 is 17.6 Å². The van der Waals surface area contributed by atoms with Crippen molar-refractivity contribution >= 4 is 44.2 Å². The predicted molar refractivity (Wildman–Crippen MR) is 106 cm³/mol. The molecule has 0 spiro atoms. The molecule has 2 aromatic carbocycles. The first-order chi connectivity index (χ1) is 12.8. The van der Waals surface area contributed by atoms with Crippen molar-refractivity contribution in [3.05, 3.63) is 59.3 Å². The lowest BCUT2D eigenvalue weighted by Gasteiger charge is -2.18. The van der Waals surface area contributed by atoms with Crippen molar-refractivity contribution in [3.63, 3.8) is 0 Å². The van der Waals surface area contributed by atoms with E-state index >= 15 is 0 Å². The summed E-state index contributed by atoms with van der Waals surface area (Å²) in [6.07, 6.45) is 0. The molecular formula is C19H19ClN2O4S. The zero-order valence-electron chi connectivity index (χ0n) is 14.9. The Morgan fingerprint density at radius 3 is 2.37 bits per heavy atom. The molecule has 0 fully saturated rings. The number of halogens is 1. The van der Waals surface area contributed by atoms with Crippen LogP contribution in [0.4, 0.5) is 5.69 Å². The topological polar surface area (TPSA) is 79.6 Å². The van der Waals surface area contributed by atoms with Crippen LogP contribution in [0.25, 0.3) is 11.0 Å². The summed E-state index contributed by atoms with van der Waals surface area (Å²) in [6.45, 7) is 4.37. The third-order valence-electron chi connectivity index (χ3n) is 4.16. The van der Waals surface area contributed by atoms with E-state index in [0.717, 1.165) is 5.39 Å². The van der Waals surface area contributed by atoms with E-state index in [1.54, 1.807) is 50.2 Å². The molecule has 0 saturated heterocycles. The molecule has 1 heterocycles. The Balaban J connectivity index is 1.78. The molecule has 27 heavy (non-hydrogen) atoms. The number of sulfonamides is 1. The van der Waals surface area contributed by atoms with Crippen molar-refractivity contribution in [2.24, 2.45) is 0 Å². The second-order valence-corrected chi connectivity index (χ2v) is 8.23. The molecule has 0 saturated carbocycles.